The van der Waals surface area contributed by atoms with Crippen molar-refractivity contribution in [2.45, 2.75) is 62.8 Å². The Hall–Kier alpha value is -4.10. The molecule has 4 rings (SSSR count). The van der Waals surface area contributed by atoms with Crippen molar-refractivity contribution in [1.29, 1.82) is 0 Å². The second kappa shape index (κ2) is 13.5. The molecular formula is C32H33F4N3O5S. The molecule has 0 bridgehead atoms. The van der Waals surface area contributed by atoms with Crippen LogP contribution in [0, 0.1) is 12.7 Å². The lowest BCUT2D eigenvalue weighted by Crippen LogP contribution is -2.58. The zero-order valence-corrected chi connectivity index (χ0v) is 25.5. The first-order valence-corrected chi connectivity index (χ1v) is 15.0. The molecule has 1 heterocycles. The van der Waals surface area contributed by atoms with Crippen molar-refractivity contribution in [2.24, 2.45) is 0 Å². The summed E-state index contributed by atoms with van der Waals surface area (Å²) in [6.07, 6.45) is -6.65. The van der Waals surface area contributed by atoms with Crippen molar-refractivity contribution in [2.75, 3.05) is 5.88 Å². The van der Waals surface area contributed by atoms with Gasteiger partial charge in [0.05, 0.1) is 17.5 Å². The summed E-state index contributed by atoms with van der Waals surface area (Å²) in [4.78, 5) is 41.6. The Bertz CT molecular complexity index is 1570. The monoisotopic (exact) mass is 647 g/mol. The zero-order valence-electron chi connectivity index (χ0n) is 24.7. The zero-order chi connectivity index (χ0) is 33.1. The quantitative estimate of drug-likeness (QED) is 0.253. The first-order chi connectivity index (χ1) is 21.1. The summed E-state index contributed by atoms with van der Waals surface area (Å²) in [7, 11) is 0. The van der Waals surface area contributed by atoms with Crippen LogP contribution >= 0.6 is 11.8 Å². The van der Waals surface area contributed by atoms with Gasteiger partial charge in [-0.05, 0) is 57.0 Å². The second-order valence-electron chi connectivity index (χ2n) is 11.2. The van der Waals surface area contributed by atoms with E-state index < -0.39 is 70.3 Å². The summed E-state index contributed by atoms with van der Waals surface area (Å²) in [6.45, 7) is 4.10. The lowest BCUT2D eigenvalue weighted by molar-refractivity contribution is -0.147. The van der Waals surface area contributed by atoms with Gasteiger partial charge in [-0.25, -0.2) is 4.39 Å². The highest BCUT2D eigenvalue weighted by molar-refractivity contribution is 8.00. The van der Waals surface area contributed by atoms with E-state index in [9.17, 15) is 42.2 Å². The number of carbonyl (C=O) groups is 3. The van der Waals surface area contributed by atoms with Gasteiger partial charge in [-0.1, -0.05) is 42.5 Å². The second-order valence-corrected chi connectivity index (χ2v) is 12.8. The summed E-state index contributed by atoms with van der Waals surface area (Å²) in [5, 5.41) is 26.5. The average molecular weight is 648 g/mol. The van der Waals surface area contributed by atoms with Crippen LogP contribution in [0.2, 0.25) is 0 Å². The highest BCUT2D eigenvalue weighted by Crippen LogP contribution is 2.40. The number of alkyl halides is 3. The Morgan fingerprint density at radius 3 is 2.38 bits per heavy atom. The summed E-state index contributed by atoms with van der Waals surface area (Å²) in [5.41, 5.74) is -0.847. The third-order valence-corrected chi connectivity index (χ3v) is 9.11. The van der Waals surface area contributed by atoms with Crippen molar-refractivity contribution < 1.29 is 42.2 Å². The highest BCUT2D eigenvalue weighted by atomic mass is 32.2. The number of benzene rings is 3. The number of aliphatic hydroxyl groups excluding tert-OH is 1. The maximum atomic E-state index is 14.4. The maximum Gasteiger partial charge on any atom is 0.416 e. The third kappa shape index (κ3) is 7.59. The fraction of sp³-hybridized carbons (Fsp3) is 0.344. The number of hydrogen-bond donors (Lipinski definition) is 4. The number of hydrogen-bond acceptors (Lipinski definition) is 6. The Kier molecular flexibility index (Phi) is 10.1. The molecular weight excluding hydrogens is 614 g/mol. The van der Waals surface area contributed by atoms with E-state index in [0.29, 0.717) is 17.2 Å². The van der Waals surface area contributed by atoms with Crippen LogP contribution in [0.1, 0.15) is 46.5 Å². The van der Waals surface area contributed by atoms with E-state index in [-0.39, 0.29) is 23.6 Å². The number of thioether (sulfide) groups is 1. The molecule has 4 N–H and O–H groups in total. The number of aromatic hydroxyl groups is 1. The van der Waals surface area contributed by atoms with Crippen LogP contribution in [0.25, 0.3) is 0 Å². The predicted molar refractivity (Wildman–Crippen MR) is 161 cm³/mol. The normalized spacial score (nSPS) is 17.4. The van der Waals surface area contributed by atoms with Crippen LogP contribution in [0.4, 0.5) is 17.6 Å². The molecule has 13 heteroatoms. The van der Waals surface area contributed by atoms with Crippen molar-refractivity contribution >= 4 is 29.5 Å². The molecule has 1 aliphatic rings. The average Bonchev–Trinajstić information content (AvgIpc) is 3.31. The fourth-order valence-electron chi connectivity index (χ4n) is 5.26. The highest BCUT2D eigenvalue weighted by Gasteiger charge is 2.50. The molecule has 0 spiro atoms. The van der Waals surface area contributed by atoms with Gasteiger partial charge >= 0.3 is 6.18 Å². The molecule has 0 unspecified atom stereocenters. The van der Waals surface area contributed by atoms with E-state index in [2.05, 4.69) is 10.6 Å². The van der Waals surface area contributed by atoms with E-state index in [1.54, 1.807) is 51.1 Å². The molecule has 240 valence electrons. The molecule has 45 heavy (non-hydrogen) atoms. The van der Waals surface area contributed by atoms with Crippen molar-refractivity contribution in [3.63, 3.8) is 0 Å². The van der Waals surface area contributed by atoms with Crippen molar-refractivity contribution in [3.05, 3.63) is 100 Å². The fourth-order valence-corrected chi connectivity index (χ4v) is 6.40. The van der Waals surface area contributed by atoms with Gasteiger partial charge < -0.3 is 25.7 Å². The van der Waals surface area contributed by atoms with Crippen molar-refractivity contribution in [3.8, 4) is 5.75 Å². The molecule has 3 aromatic rings. The molecule has 3 atom stereocenters. The molecule has 3 amide bonds. The minimum atomic E-state index is -4.86. The lowest BCUT2D eigenvalue weighted by atomic mass is 9.96. The van der Waals surface area contributed by atoms with Crippen LogP contribution in [-0.2, 0) is 28.7 Å². The first-order valence-electron chi connectivity index (χ1n) is 14.0. The molecule has 0 aliphatic carbocycles. The standard InChI is InChI=1S/C32H33F4N3O5S/c1-18-20(11-7-14-25(18)40)28(42)38-24(15-19-9-5-4-6-10-19)26(41)30(44)39-17-45-31(2,3)27(39)29(43)37-16-21-22(32(34,35)36)12-8-13-23(21)33/h4-14,24,26-27,40-41H,15-17H2,1-3H3,(H,37,43)(H,38,42)/t24-,26-,27+/m0/s1. The van der Waals surface area contributed by atoms with Gasteiger partial charge in [0, 0.05) is 28.0 Å². The number of nitrogens with zero attached hydrogens (tertiary/aromatic N) is 1. The van der Waals surface area contributed by atoms with Gasteiger partial charge in [-0.15, -0.1) is 11.8 Å². The maximum absolute atomic E-state index is 14.4. The van der Waals surface area contributed by atoms with E-state index >= 15 is 0 Å². The van der Waals surface area contributed by atoms with Crippen LogP contribution in [0.3, 0.4) is 0 Å². The third-order valence-electron chi connectivity index (χ3n) is 7.74. The van der Waals surface area contributed by atoms with E-state index in [4.69, 9.17) is 0 Å². The number of rotatable bonds is 9. The number of aliphatic hydroxyl groups is 1. The van der Waals surface area contributed by atoms with Crippen LogP contribution in [0.15, 0.2) is 66.7 Å². The topological polar surface area (TPSA) is 119 Å². The number of phenolic OH excluding ortho intramolecular Hbond substituents is 1. The SMILES string of the molecule is Cc1c(O)cccc1C(=O)N[C@@H](Cc1ccccc1)[C@H](O)C(=O)N1CSC(C)(C)[C@H]1C(=O)NCc1c(F)cccc1C(F)(F)F. The van der Waals surface area contributed by atoms with E-state index in [1.807, 2.05) is 0 Å². The number of nitrogens with one attached hydrogen (secondary N) is 2. The summed E-state index contributed by atoms with van der Waals surface area (Å²) >= 11 is 1.22. The Balaban J connectivity index is 1.58. The van der Waals surface area contributed by atoms with Crippen LogP contribution in [0.5, 0.6) is 5.75 Å². The van der Waals surface area contributed by atoms with E-state index in [0.717, 1.165) is 17.0 Å². The Morgan fingerprint density at radius 1 is 1.04 bits per heavy atom. The molecule has 1 fully saturated rings. The molecule has 0 radical (unpaired) electrons. The molecule has 1 aliphatic heterocycles. The predicted octanol–water partition coefficient (Wildman–Crippen LogP) is 4.56. The van der Waals surface area contributed by atoms with Gasteiger partial charge in [0.15, 0.2) is 6.10 Å². The number of halogens is 4. The van der Waals surface area contributed by atoms with Gasteiger partial charge in [0.2, 0.25) is 5.91 Å². The van der Waals surface area contributed by atoms with Gasteiger partial charge in [-0.2, -0.15) is 13.2 Å². The molecule has 1 saturated heterocycles. The molecule has 3 aromatic carbocycles. The van der Waals surface area contributed by atoms with E-state index in [1.165, 1.54) is 30.0 Å². The number of phenols is 1. The van der Waals surface area contributed by atoms with Crippen molar-refractivity contribution in [1.82, 2.24) is 15.5 Å². The number of carbonyl (C=O) groups excluding carboxylic acids is 3. The summed E-state index contributed by atoms with van der Waals surface area (Å²) < 4.78 is 54.0. The van der Waals surface area contributed by atoms with Gasteiger partial charge in [0.1, 0.15) is 17.6 Å². The molecule has 0 aromatic heterocycles. The minimum Gasteiger partial charge on any atom is -0.508 e. The van der Waals surface area contributed by atoms with Gasteiger partial charge in [-0.3, -0.25) is 14.4 Å². The van der Waals surface area contributed by atoms with Gasteiger partial charge in [0.25, 0.3) is 11.8 Å². The largest absolute Gasteiger partial charge is 0.508 e. The minimum absolute atomic E-state index is 0.0338. The first kappa shape index (κ1) is 33.8. The molecule has 8 nitrogen and oxygen atoms in total. The smallest absolute Gasteiger partial charge is 0.416 e. The Morgan fingerprint density at radius 2 is 1.71 bits per heavy atom. The summed E-state index contributed by atoms with van der Waals surface area (Å²) in [5.74, 6) is -3.65. The lowest BCUT2D eigenvalue weighted by Gasteiger charge is -2.33. The molecule has 0 saturated carbocycles. The van der Waals surface area contributed by atoms with Crippen LogP contribution in [-0.4, -0.2) is 61.6 Å². The summed E-state index contributed by atoms with van der Waals surface area (Å²) in [6, 6.07) is 13.3. The Labute approximate surface area is 261 Å². The van der Waals surface area contributed by atoms with Crippen LogP contribution < -0.4 is 10.6 Å². The number of amides is 3.